The highest BCUT2D eigenvalue weighted by Gasteiger charge is 2.40. The fourth-order valence-corrected chi connectivity index (χ4v) is 1.48. The molecular formula is C11H8O6. The Hall–Kier alpha value is -2.34. The number of rotatable bonds is 2. The van der Waals surface area contributed by atoms with E-state index in [1.807, 2.05) is 0 Å². The molecule has 0 saturated carbocycles. The standard InChI is InChI=1S/C11H8O6/c12-9(13)7-3-1-2-6-4-5-11(16,10(14)15)17-8(6)7/h1-5,16H,(H,12,13)(H,14,15). The molecule has 1 atom stereocenters. The normalized spacial score (nSPS) is 21.5. The summed E-state index contributed by atoms with van der Waals surface area (Å²) >= 11 is 0. The van der Waals surface area contributed by atoms with E-state index in [1.54, 1.807) is 6.07 Å². The number of aromatic carboxylic acids is 1. The third-order valence-electron chi connectivity index (χ3n) is 2.33. The van der Waals surface area contributed by atoms with E-state index in [1.165, 1.54) is 18.2 Å². The van der Waals surface area contributed by atoms with Crippen molar-refractivity contribution in [3.05, 3.63) is 35.4 Å². The van der Waals surface area contributed by atoms with Crippen LogP contribution in [-0.4, -0.2) is 33.0 Å². The molecule has 0 aromatic heterocycles. The van der Waals surface area contributed by atoms with Crippen molar-refractivity contribution in [1.29, 1.82) is 0 Å². The first-order valence-electron chi connectivity index (χ1n) is 4.64. The van der Waals surface area contributed by atoms with Gasteiger partial charge in [0.25, 0.3) is 0 Å². The van der Waals surface area contributed by atoms with Crippen molar-refractivity contribution in [2.75, 3.05) is 0 Å². The molecule has 1 aliphatic rings. The molecule has 0 saturated heterocycles. The Bertz CT molecular complexity index is 533. The number of aliphatic hydroxyl groups is 1. The van der Waals surface area contributed by atoms with Gasteiger partial charge in [-0.05, 0) is 18.2 Å². The average molecular weight is 236 g/mol. The molecule has 3 N–H and O–H groups in total. The molecule has 0 bridgehead atoms. The minimum Gasteiger partial charge on any atom is -0.478 e. The Morgan fingerprint density at radius 1 is 1.24 bits per heavy atom. The number of aliphatic carboxylic acids is 1. The lowest BCUT2D eigenvalue weighted by atomic mass is 10.0. The number of carboxylic acids is 2. The zero-order valence-electron chi connectivity index (χ0n) is 8.45. The molecule has 0 fully saturated rings. The van der Waals surface area contributed by atoms with Crippen molar-refractivity contribution in [1.82, 2.24) is 0 Å². The van der Waals surface area contributed by atoms with Gasteiger partial charge < -0.3 is 20.1 Å². The fourth-order valence-electron chi connectivity index (χ4n) is 1.48. The van der Waals surface area contributed by atoms with E-state index in [0.717, 1.165) is 6.08 Å². The SMILES string of the molecule is O=C(O)c1cccc2c1OC(O)(C(=O)O)C=C2. The van der Waals surface area contributed by atoms with Gasteiger partial charge in [0.2, 0.25) is 0 Å². The lowest BCUT2D eigenvalue weighted by Gasteiger charge is -2.26. The molecule has 0 amide bonds. The van der Waals surface area contributed by atoms with E-state index >= 15 is 0 Å². The third-order valence-corrected chi connectivity index (χ3v) is 2.33. The number of benzene rings is 1. The van der Waals surface area contributed by atoms with Crippen LogP contribution in [0.15, 0.2) is 24.3 Å². The Morgan fingerprint density at radius 2 is 1.94 bits per heavy atom. The molecule has 1 aliphatic heterocycles. The summed E-state index contributed by atoms with van der Waals surface area (Å²) in [6.45, 7) is 0. The molecule has 1 aromatic carbocycles. The van der Waals surface area contributed by atoms with Gasteiger partial charge in [-0.25, -0.2) is 9.59 Å². The third kappa shape index (κ3) is 1.74. The summed E-state index contributed by atoms with van der Waals surface area (Å²) in [6.07, 6.45) is 2.25. The zero-order chi connectivity index (χ0) is 12.6. The Kier molecular flexibility index (Phi) is 2.36. The molecule has 6 heteroatoms. The molecule has 1 heterocycles. The molecule has 6 nitrogen and oxygen atoms in total. The van der Waals surface area contributed by atoms with E-state index in [0.29, 0.717) is 5.56 Å². The number of para-hydroxylation sites is 1. The van der Waals surface area contributed by atoms with Crippen LogP contribution < -0.4 is 4.74 Å². The first kappa shape index (κ1) is 11.2. The number of hydrogen-bond donors (Lipinski definition) is 3. The second kappa shape index (κ2) is 3.60. The molecule has 1 unspecified atom stereocenters. The van der Waals surface area contributed by atoms with E-state index in [4.69, 9.17) is 14.9 Å². The van der Waals surface area contributed by atoms with Crippen molar-refractivity contribution in [3.63, 3.8) is 0 Å². The largest absolute Gasteiger partial charge is 0.478 e. The maximum atomic E-state index is 10.9. The summed E-state index contributed by atoms with van der Waals surface area (Å²) in [4.78, 5) is 21.7. The van der Waals surface area contributed by atoms with E-state index in [9.17, 15) is 14.7 Å². The van der Waals surface area contributed by atoms with Gasteiger partial charge >= 0.3 is 17.7 Å². The van der Waals surface area contributed by atoms with Crippen LogP contribution in [0.2, 0.25) is 0 Å². The number of hydrogen-bond acceptors (Lipinski definition) is 4. The summed E-state index contributed by atoms with van der Waals surface area (Å²) in [6, 6.07) is 4.32. The first-order chi connectivity index (χ1) is 7.94. The quantitative estimate of drug-likeness (QED) is 0.693. The Labute approximate surface area is 95.4 Å². The molecule has 2 rings (SSSR count). The van der Waals surface area contributed by atoms with E-state index in [2.05, 4.69) is 0 Å². The molecule has 0 aliphatic carbocycles. The fraction of sp³-hybridized carbons (Fsp3) is 0.0909. The van der Waals surface area contributed by atoms with Gasteiger partial charge in [-0.2, -0.15) is 0 Å². The predicted molar refractivity (Wildman–Crippen MR) is 55.6 cm³/mol. The summed E-state index contributed by atoms with van der Waals surface area (Å²) in [5.41, 5.74) is 0.197. The van der Waals surface area contributed by atoms with Crippen LogP contribution in [0.4, 0.5) is 0 Å². The smallest absolute Gasteiger partial charge is 0.381 e. The van der Waals surface area contributed by atoms with Crippen molar-refractivity contribution in [2.45, 2.75) is 5.79 Å². The van der Waals surface area contributed by atoms with E-state index in [-0.39, 0.29) is 11.3 Å². The van der Waals surface area contributed by atoms with Gasteiger partial charge in [0, 0.05) is 5.56 Å². The molecular weight excluding hydrogens is 228 g/mol. The number of fused-ring (bicyclic) bond motifs is 1. The molecule has 0 radical (unpaired) electrons. The number of carboxylic acid groups (broad SMARTS) is 2. The average Bonchev–Trinajstić information content (AvgIpc) is 2.27. The second-order valence-electron chi connectivity index (χ2n) is 3.47. The van der Waals surface area contributed by atoms with Crippen LogP contribution in [-0.2, 0) is 4.79 Å². The maximum absolute atomic E-state index is 10.9. The highest BCUT2D eigenvalue weighted by atomic mass is 16.6. The van der Waals surface area contributed by atoms with Crippen molar-refractivity contribution in [2.24, 2.45) is 0 Å². The summed E-state index contributed by atoms with van der Waals surface area (Å²) in [5.74, 6) is -5.56. The number of ether oxygens (including phenoxy) is 1. The van der Waals surface area contributed by atoms with Crippen LogP contribution in [0.1, 0.15) is 15.9 Å². The minimum absolute atomic E-state index is 0.160. The van der Waals surface area contributed by atoms with Crippen LogP contribution in [0.5, 0.6) is 5.75 Å². The van der Waals surface area contributed by atoms with Crippen molar-refractivity contribution >= 4 is 18.0 Å². The molecule has 1 aromatic rings. The Balaban J connectivity index is 2.56. The summed E-state index contributed by atoms with van der Waals surface area (Å²) < 4.78 is 4.86. The lowest BCUT2D eigenvalue weighted by molar-refractivity contribution is -0.180. The highest BCUT2D eigenvalue weighted by Crippen LogP contribution is 2.33. The van der Waals surface area contributed by atoms with Crippen molar-refractivity contribution < 1.29 is 29.6 Å². The van der Waals surface area contributed by atoms with Crippen LogP contribution in [0, 0.1) is 0 Å². The van der Waals surface area contributed by atoms with Crippen LogP contribution >= 0.6 is 0 Å². The van der Waals surface area contributed by atoms with Gasteiger partial charge in [0.05, 0.1) is 0 Å². The maximum Gasteiger partial charge on any atom is 0.381 e. The summed E-state index contributed by atoms with van der Waals surface area (Å²) in [5, 5.41) is 27.3. The van der Waals surface area contributed by atoms with Gasteiger partial charge in [0.1, 0.15) is 11.3 Å². The minimum atomic E-state index is -2.53. The summed E-state index contributed by atoms with van der Waals surface area (Å²) in [7, 11) is 0. The van der Waals surface area contributed by atoms with Gasteiger partial charge in [-0.3, -0.25) is 0 Å². The van der Waals surface area contributed by atoms with Crippen LogP contribution in [0.3, 0.4) is 0 Å². The van der Waals surface area contributed by atoms with Gasteiger partial charge in [0.15, 0.2) is 0 Å². The monoisotopic (exact) mass is 236 g/mol. The topological polar surface area (TPSA) is 104 Å². The van der Waals surface area contributed by atoms with Gasteiger partial charge in [-0.1, -0.05) is 12.1 Å². The number of carbonyl (C=O) groups is 2. The Morgan fingerprint density at radius 3 is 2.53 bits per heavy atom. The predicted octanol–water partition coefficient (Wildman–Crippen LogP) is 0.564. The molecule has 88 valence electrons. The molecule has 17 heavy (non-hydrogen) atoms. The zero-order valence-corrected chi connectivity index (χ0v) is 8.45. The van der Waals surface area contributed by atoms with Crippen LogP contribution in [0.25, 0.3) is 6.08 Å². The molecule has 0 spiro atoms. The van der Waals surface area contributed by atoms with E-state index < -0.39 is 17.7 Å². The first-order valence-corrected chi connectivity index (χ1v) is 4.64. The van der Waals surface area contributed by atoms with Gasteiger partial charge in [-0.15, -0.1) is 0 Å². The van der Waals surface area contributed by atoms with Crippen molar-refractivity contribution in [3.8, 4) is 5.75 Å². The second-order valence-corrected chi connectivity index (χ2v) is 3.47. The lowest BCUT2D eigenvalue weighted by Crippen LogP contribution is -2.44. The highest BCUT2D eigenvalue weighted by molar-refractivity contribution is 5.94.